The van der Waals surface area contributed by atoms with Crippen LogP contribution in [0.4, 0.5) is 5.82 Å². The van der Waals surface area contributed by atoms with Crippen LogP contribution in [0.1, 0.15) is 58.8 Å². The molecule has 17 heteroatoms. The molecule has 0 radical (unpaired) electrons. The van der Waals surface area contributed by atoms with E-state index in [1.54, 1.807) is 31.2 Å². The largest absolute Gasteiger partial charge is 0.465 e. The van der Waals surface area contributed by atoms with Gasteiger partial charge in [-0.05, 0) is 37.6 Å². The Balaban J connectivity index is 2.11. The first-order valence-electron chi connectivity index (χ1n) is 14.8. The maximum atomic E-state index is 14.2. The highest BCUT2D eigenvalue weighted by Gasteiger charge is 2.52. The van der Waals surface area contributed by atoms with E-state index in [9.17, 15) is 24.2 Å². The Bertz CT molecular complexity index is 1610. The molecule has 3 rings (SSSR count). The summed E-state index contributed by atoms with van der Waals surface area (Å²) in [7, 11) is -3.39. The van der Waals surface area contributed by atoms with Crippen LogP contribution in [0.15, 0.2) is 48.8 Å². The number of rotatable bonds is 18. The molecule has 1 aromatic carbocycles. The molecule has 0 aliphatic rings. The van der Waals surface area contributed by atoms with Crippen molar-refractivity contribution in [1.82, 2.24) is 19.7 Å². The normalized spacial score (nSPS) is 15.7. The van der Waals surface area contributed by atoms with Crippen molar-refractivity contribution < 1.29 is 46.9 Å². The zero-order chi connectivity index (χ0) is 34.6. The number of nitriles is 1. The van der Waals surface area contributed by atoms with Gasteiger partial charge in [-0.3, -0.25) is 18.9 Å². The van der Waals surface area contributed by atoms with Crippen molar-refractivity contribution in [3.05, 3.63) is 54.5 Å². The van der Waals surface area contributed by atoms with E-state index in [0.717, 1.165) is 7.11 Å². The van der Waals surface area contributed by atoms with Gasteiger partial charge in [0.15, 0.2) is 18.0 Å². The van der Waals surface area contributed by atoms with Crippen LogP contribution in [-0.4, -0.2) is 70.6 Å². The van der Waals surface area contributed by atoms with E-state index >= 15 is 0 Å². The molecule has 16 nitrogen and oxygen atoms in total. The van der Waals surface area contributed by atoms with Gasteiger partial charge < -0.3 is 29.2 Å². The SMILES string of the molecule is CCCOC(=O)[C@H](C)NP(=O)(OC[C@@](C#N)(OC)[C@@H](OC(=O)CC)[C@@H](OC(=O)CC)c1ccc2c(N)ncnn12)Oc1ccccc1. The number of hydrogen-bond donors (Lipinski definition) is 2. The molecule has 5 atom stereocenters. The first-order valence-corrected chi connectivity index (χ1v) is 16.4. The minimum Gasteiger partial charge on any atom is -0.465 e. The van der Waals surface area contributed by atoms with Crippen molar-refractivity contribution in [3.8, 4) is 11.8 Å². The monoisotopic (exact) mass is 674 g/mol. The summed E-state index contributed by atoms with van der Waals surface area (Å²) in [6.45, 7) is 5.54. The number of nitrogen functional groups attached to an aromatic ring is 1. The molecular weight excluding hydrogens is 635 g/mol. The maximum absolute atomic E-state index is 14.2. The number of methoxy groups -OCH3 is 1. The number of ether oxygens (including phenoxy) is 4. The highest BCUT2D eigenvalue weighted by Crippen LogP contribution is 2.47. The second-order valence-corrected chi connectivity index (χ2v) is 11.8. The van der Waals surface area contributed by atoms with E-state index in [0.29, 0.717) is 11.9 Å². The molecule has 1 unspecified atom stereocenters. The molecule has 254 valence electrons. The van der Waals surface area contributed by atoms with Crippen LogP contribution in [0, 0.1) is 11.3 Å². The Morgan fingerprint density at radius 1 is 1.09 bits per heavy atom. The third-order valence-corrected chi connectivity index (χ3v) is 8.38. The number of fused-ring (bicyclic) bond motifs is 1. The second-order valence-electron chi connectivity index (χ2n) is 10.1. The highest BCUT2D eigenvalue weighted by atomic mass is 31.2. The molecule has 3 aromatic rings. The van der Waals surface area contributed by atoms with Crippen LogP contribution in [0.2, 0.25) is 0 Å². The Morgan fingerprint density at radius 3 is 2.38 bits per heavy atom. The number of carbonyl (C=O) groups excluding carboxylic acids is 3. The Morgan fingerprint density at radius 2 is 1.77 bits per heavy atom. The number of nitrogens with two attached hydrogens (primary N) is 1. The summed E-state index contributed by atoms with van der Waals surface area (Å²) in [6, 6.07) is 11.8. The van der Waals surface area contributed by atoms with Crippen molar-refractivity contribution in [1.29, 1.82) is 5.26 Å². The Hall–Kier alpha value is -4.55. The predicted octanol–water partition coefficient (Wildman–Crippen LogP) is 3.67. The average molecular weight is 675 g/mol. The lowest BCUT2D eigenvalue weighted by molar-refractivity contribution is -0.193. The second kappa shape index (κ2) is 16.8. The molecular formula is C30H39N6O10P. The van der Waals surface area contributed by atoms with Crippen LogP contribution < -0.4 is 15.3 Å². The van der Waals surface area contributed by atoms with Gasteiger partial charge in [-0.15, -0.1) is 0 Å². The zero-order valence-electron chi connectivity index (χ0n) is 26.8. The summed E-state index contributed by atoms with van der Waals surface area (Å²) in [5.74, 6) is -2.01. The molecule has 0 amide bonds. The van der Waals surface area contributed by atoms with Gasteiger partial charge in [-0.25, -0.2) is 14.1 Å². The van der Waals surface area contributed by atoms with Crippen LogP contribution in [0.25, 0.3) is 5.52 Å². The number of esters is 3. The number of benzene rings is 1. The molecule has 0 aliphatic carbocycles. The minimum absolute atomic E-state index is 0.0789. The summed E-state index contributed by atoms with van der Waals surface area (Å²) in [4.78, 5) is 42.1. The highest BCUT2D eigenvalue weighted by molar-refractivity contribution is 7.52. The molecule has 0 fully saturated rings. The third-order valence-electron chi connectivity index (χ3n) is 6.76. The molecule has 3 N–H and O–H groups in total. The van der Waals surface area contributed by atoms with E-state index in [1.807, 2.05) is 13.0 Å². The summed E-state index contributed by atoms with van der Waals surface area (Å²) in [5.41, 5.74) is 4.20. The van der Waals surface area contributed by atoms with Crippen molar-refractivity contribution >= 4 is 37.0 Å². The lowest BCUT2D eigenvalue weighted by Crippen LogP contribution is -2.53. The van der Waals surface area contributed by atoms with Crippen molar-refractivity contribution in [2.75, 3.05) is 26.1 Å². The van der Waals surface area contributed by atoms with Crippen LogP contribution in [0.3, 0.4) is 0 Å². The number of aromatic nitrogens is 3. The molecule has 0 saturated carbocycles. The number of nitrogens with zero attached hydrogens (tertiary/aromatic N) is 4. The van der Waals surface area contributed by atoms with Gasteiger partial charge in [-0.1, -0.05) is 39.0 Å². The smallest absolute Gasteiger partial charge is 0.459 e. The number of nitrogens with one attached hydrogen (secondary N) is 1. The van der Waals surface area contributed by atoms with E-state index in [4.69, 9.17) is 33.7 Å². The molecule has 0 spiro atoms. The Kier molecular flexibility index (Phi) is 13.2. The summed E-state index contributed by atoms with van der Waals surface area (Å²) < 4.78 is 49.4. The lowest BCUT2D eigenvalue weighted by Gasteiger charge is -2.37. The number of para-hydroxylation sites is 1. The number of anilines is 1. The molecule has 2 heterocycles. The van der Waals surface area contributed by atoms with Crippen molar-refractivity contribution in [2.24, 2.45) is 0 Å². The first-order chi connectivity index (χ1) is 22.5. The van der Waals surface area contributed by atoms with Crippen molar-refractivity contribution in [3.63, 3.8) is 0 Å². The van der Waals surface area contributed by atoms with E-state index in [-0.39, 0.29) is 36.7 Å². The third kappa shape index (κ3) is 9.26. The summed E-state index contributed by atoms with van der Waals surface area (Å²) in [6.07, 6.45) is -1.73. The summed E-state index contributed by atoms with van der Waals surface area (Å²) >= 11 is 0. The standard InChI is InChI=1S/C30H39N6O10P/c1-6-16-42-29(39)20(4)35-47(40,46-21-12-10-9-11-13-21)43-18-30(17-31,41-5)27(45-25(38)8-3)26(44-24(37)7-2)22-14-15-23-28(32)33-19-34-36(22)23/h9-15,19-20,26-27H,6-8,16,18H2,1-5H3,(H,35,40)(H2,32,33,34)/t20-,26-,27-,30+,47?/m0/s1. The van der Waals surface area contributed by atoms with Gasteiger partial charge in [0, 0.05) is 20.0 Å². The minimum atomic E-state index is -4.53. The van der Waals surface area contributed by atoms with Gasteiger partial charge in [0.25, 0.3) is 0 Å². The van der Waals surface area contributed by atoms with Gasteiger partial charge >= 0.3 is 25.7 Å². The van der Waals surface area contributed by atoms with Gasteiger partial charge in [0.2, 0.25) is 5.60 Å². The molecule has 47 heavy (non-hydrogen) atoms. The maximum Gasteiger partial charge on any atom is 0.459 e. The molecule has 0 aliphatic heterocycles. The molecule has 0 saturated heterocycles. The fourth-order valence-electron chi connectivity index (χ4n) is 4.22. The van der Waals surface area contributed by atoms with Gasteiger partial charge in [0.05, 0.1) is 12.3 Å². The fourth-order valence-corrected chi connectivity index (χ4v) is 5.75. The van der Waals surface area contributed by atoms with Crippen LogP contribution >= 0.6 is 7.75 Å². The summed E-state index contributed by atoms with van der Waals surface area (Å²) in [5, 5.41) is 17.3. The Labute approximate surface area is 272 Å². The quantitative estimate of drug-likeness (QED) is 0.112. The fraction of sp³-hybridized carbons (Fsp3) is 0.467. The lowest BCUT2D eigenvalue weighted by atomic mass is 9.92. The van der Waals surface area contributed by atoms with E-state index < -0.39 is 56.1 Å². The topological polar surface area (TPSA) is 216 Å². The van der Waals surface area contributed by atoms with Gasteiger partial charge in [0.1, 0.15) is 36.3 Å². The average Bonchev–Trinajstić information content (AvgIpc) is 3.51. The first kappa shape index (κ1) is 36.9. The van der Waals surface area contributed by atoms with Gasteiger partial charge in [-0.2, -0.15) is 15.4 Å². The van der Waals surface area contributed by atoms with Crippen LogP contribution in [-0.2, 0) is 42.4 Å². The number of hydrogen-bond acceptors (Lipinski definition) is 14. The predicted molar refractivity (Wildman–Crippen MR) is 167 cm³/mol. The van der Waals surface area contributed by atoms with E-state index in [1.165, 1.54) is 42.9 Å². The molecule has 0 bridgehead atoms. The van der Waals surface area contributed by atoms with Crippen LogP contribution in [0.5, 0.6) is 5.75 Å². The zero-order valence-corrected chi connectivity index (χ0v) is 27.7. The molecule has 2 aromatic heterocycles. The number of carbonyl (C=O) groups is 3. The van der Waals surface area contributed by atoms with E-state index in [2.05, 4.69) is 15.2 Å². The van der Waals surface area contributed by atoms with Crippen molar-refractivity contribution in [2.45, 2.75) is 70.8 Å².